The highest BCUT2D eigenvalue weighted by molar-refractivity contribution is 6.00. The van der Waals surface area contributed by atoms with Gasteiger partial charge in [-0.15, -0.1) is 10.2 Å². The van der Waals surface area contributed by atoms with E-state index >= 15 is 0 Å². The number of aryl methyl sites for hydroxylation is 1. The smallest absolute Gasteiger partial charge is 0.324 e. The number of ether oxygens (including phenoxy) is 1. The van der Waals surface area contributed by atoms with Crippen LogP contribution in [0.2, 0.25) is 0 Å². The van der Waals surface area contributed by atoms with Crippen molar-refractivity contribution in [2.45, 2.75) is 103 Å². The number of rotatable bonds is 8. The molecule has 7 rings (SSSR count). The molecule has 2 aromatic carbocycles. The van der Waals surface area contributed by atoms with Gasteiger partial charge < -0.3 is 14.6 Å². The number of fused-ring (bicyclic) bond motifs is 2. The van der Waals surface area contributed by atoms with E-state index in [1.165, 1.54) is 54.6 Å². The SMILES string of the molecule is Cc1ccc(-n2nc(C(C)(C)C)cc2NC(=O)Nc2ccc(OCCN3CCn4c(nnc4C4CCCCC4)C3)c3c2CCC3)cc1. The summed E-state index contributed by atoms with van der Waals surface area (Å²) in [5.41, 5.74) is 6.03. The average Bonchev–Trinajstić information content (AvgIpc) is 3.82. The lowest BCUT2D eigenvalue weighted by Gasteiger charge is -2.29. The van der Waals surface area contributed by atoms with E-state index in [1.54, 1.807) is 0 Å². The third-order valence-electron chi connectivity index (χ3n) is 9.98. The highest BCUT2D eigenvalue weighted by Crippen LogP contribution is 2.37. The zero-order chi connectivity index (χ0) is 32.5. The summed E-state index contributed by atoms with van der Waals surface area (Å²) < 4.78 is 10.6. The molecule has 47 heavy (non-hydrogen) atoms. The van der Waals surface area contributed by atoms with Crippen molar-refractivity contribution in [1.29, 1.82) is 0 Å². The molecule has 0 spiro atoms. The number of hydrogen-bond donors (Lipinski definition) is 2. The Balaban J connectivity index is 0.980. The second-order valence-electron chi connectivity index (χ2n) is 14.5. The van der Waals surface area contributed by atoms with Crippen LogP contribution < -0.4 is 15.4 Å². The van der Waals surface area contributed by atoms with E-state index in [9.17, 15) is 4.79 Å². The van der Waals surface area contributed by atoms with Gasteiger partial charge in [-0.1, -0.05) is 57.7 Å². The molecule has 2 aliphatic carbocycles. The molecule has 1 aliphatic heterocycles. The molecule has 2 N–H and O–H groups in total. The van der Waals surface area contributed by atoms with Crippen molar-refractivity contribution in [3.63, 3.8) is 0 Å². The molecular weight excluding hydrogens is 588 g/mol. The maximum absolute atomic E-state index is 13.4. The van der Waals surface area contributed by atoms with Crippen molar-refractivity contribution >= 4 is 17.5 Å². The van der Waals surface area contributed by atoms with E-state index in [2.05, 4.69) is 70.1 Å². The van der Waals surface area contributed by atoms with E-state index in [-0.39, 0.29) is 11.4 Å². The van der Waals surface area contributed by atoms with E-state index in [1.807, 2.05) is 35.0 Å². The third kappa shape index (κ3) is 6.79. The van der Waals surface area contributed by atoms with Crippen LogP contribution >= 0.6 is 0 Å². The van der Waals surface area contributed by atoms with Crippen molar-refractivity contribution in [3.8, 4) is 11.4 Å². The molecule has 10 heteroatoms. The number of carbonyl (C=O) groups excluding carboxylic acids is 1. The minimum absolute atomic E-state index is 0.162. The Bertz CT molecular complexity index is 1730. The fourth-order valence-corrected chi connectivity index (χ4v) is 7.28. The quantitative estimate of drug-likeness (QED) is 0.213. The van der Waals surface area contributed by atoms with E-state index in [0.717, 1.165) is 74.1 Å². The summed E-state index contributed by atoms with van der Waals surface area (Å²) in [5.74, 6) is 4.43. The Kier molecular flexibility index (Phi) is 8.79. The molecule has 2 aromatic heterocycles. The molecule has 0 radical (unpaired) electrons. The number of benzene rings is 2. The normalized spacial score (nSPS) is 16.9. The van der Waals surface area contributed by atoms with Crippen LogP contribution in [0.3, 0.4) is 0 Å². The van der Waals surface area contributed by atoms with Gasteiger partial charge in [-0.05, 0) is 74.4 Å². The molecule has 0 atom stereocenters. The van der Waals surface area contributed by atoms with Crippen LogP contribution in [0.5, 0.6) is 5.75 Å². The van der Waals surface area contributed by atoms with Crippen LogP contribution in [0.4, 0.5) is 16.3 Å². The summed E-state index contributed by atoms with van der Waals surface area (Å²) in [4.78, 5) is 15.8. The molecule has 3 aliphatic rings. The number of anilines is 2. The first-order valence-electron chi connectivity index (χ1n) is 17.4. The van der Waals surface area contributed by atoms with Crippen LogP contribution in [0.25, 0.3) is 5.69 Å². The fourth-order valence-electron chi connectivity index (χ4n) is 7.28. The van der Waals surface area contributed by atoms with Crippen molar-refractivity contribution in [3.05, 3.63) is 76.5 Å². The lowest BCUT2D eigenvalue weighted by Crippen LogP contribution is -2.37. The Labute approximate surface area is 277 Å². The first kappa shape index (κ1) is 31.4. The molecule has 10 nitrogen and oxygen atoms in total. The lowest BCUT2D eigenvalue weighted by atomic mass is 9.88. The van der Waals surface area contributed by atoms with Gasteiger partial charge in [-0.25, -0.2) is 9.48 Å². The maximum Gasteiger partial charge on any atom is 0.324 e. The maximum atomic E-state index is 13.4. The zero-order valence-electron chi connectivity index (χ0n) is 28.3. The van der Waals surface area contributed by atoms with Gasteiger partial charge in [-0.2, -0.15) is 5.10 Å². The van der Waals surface area contributed by atoms with Gasteiger partial charge in [0.05, 0.1) is 17.9 Å². The van der Waals surface area contributed by atoms with Crippen LogP contribution in [0.15, 0.2) is 42.5 Å². The third-order valence-corrected chi connectivity index (χ3v) is 9.98. The van der Waals surface area contributed by atoms with Gasteiger partial charge >= 0.3 is 6.03 Å². The van der Waals surface area contributed by atoms with Gasteiger partial charge in [0.25, 0.3) is 0 Å². The summed E-state index contributed by atoms with van der Waals surface area (Å²) in [6, 6.07) is 13.8. The monoisotopic (exact) mass is 636 g/mol. The minimum atomic E-state index is -0.286. The van der Waals surface area contributed by atoms with Gasteiger partial charge in [0.1, 0.15) is 29.8 Å². The summed E-state index contributed by atoms with van der Waals surface area (Å²) in [6.07, 6.45) is 9.38. The molecule has 4 aromatic rings. The van der Waals surface area contributed by atoms with E-state index < -0.39 is 0 Å². The fraction of sp³-hybridized carbons (Fsp3) is 0.514. The van der Waals surface area contributed by atoms with E-state index in [0.29, 0.717) is 18.3 Å². The minimum Gasteiger partial charge on any atom is -0.492 e. The predicted molar refractivity (Wildman–Crippen MR) is 185 cm³/mol. The van der Waals surface area contributed by atoms with E-state index in [4.69, 9.17) is 9.84 Å². The summed E-state index contributed by atoms with van der Waals surface area (Å²) in [5, 5.41) is 20.2. The highest BCUT2D eigenvalue weighted by atomic mass is 16.5. The number of hydrogen-bond acceptors (Lipinski definition) is 6. The molecule has 1 fully saturated rings. The second-order valence-corrected chi connectivity index (χ2v) is 14.5. The molecule has 0 unspecified atom stereocenters. The number of aromatic nitrogens is 5. The van der Waals surface area contributed by atoms with Crippen molar-refractivity contribution in [1.82, 2.24) is 29.4 Å². The second kappa shape index (κ2) is 13.1. The number of nitrogens with zero attached hydrogens (tertiary/aromatic N) is 6. The standard InChI is InChI=1S/C37H48N8O2/c1-25-13-15-27(16-14-25)45-33(23-32(42-45)37(2,3)4)39-36(46)38-30-17-18-31(29-12-8-11-28(29)30)47-22-21-43-19-20-44-34(24-43)40-41-35(44)26-9-6-5-7-10-26/h13-18,23,26H,5-12,19-22,24H2,1-4H3,(H2,38,39,46). The van der Waals surface area contributed by atoms with Crippen molar-refractivity contribution in [2.75, 3.05) is 30.3 Å². The summed E-state index contributed by atoms with van der Waals surface area (Å²) >= 11 is 0. The van der Waals surface area contributed by atoms with Crippen LogP contribution in [0.1, 0.15) is 99.2 Å². The average molecular weight is 637 g/mol. The molecule has 3 heterocycles. The van der Waals surface area contributed by atoms with Crippen molar-refractivity contribution in [2.24, 2.45) is 0 Å². The molecular formula is C37H48N8O2. The Morgan fingerprint density at radius 1 is 0.936 bits per heavy atom. The largest absolute Gasteiger partial charge is 0.492 e. The highest BCUT2D eigenvalue weighted by Gasteiger charge is 2.27. The van der Waals surface area contributed by atoms with Crippen molar-refractivity contribution < 1.29 is 9.53 Å². The summed E-state index contributed by atoms with van der Waals surface area (Å²) in [6.45, 7) is 12.6. The zero-order valence-corrected chi connectivity index (χ0v) is 28.3. The Morgan fingerprint density at radius 3 is 2.51 bits per heavy atom. The van der Waals surface area contributed by atoms with Gasteiger partial charge in [0.2, 0.25) is 0 Å². The molecule has 1 saturated carbocycles. The van der Waals surface area contributed by atoms with Gasteiger partial charge in [0.15, 0.2) is 0 Å². The lowest BCUT2D eigenvalue weighted by molar-refractivity contribution is 0.172. The number of urea groups is 1. The first-order chi connectivity index (χ1) is 22.7. The van der Waals surface area contributed by atoms with Crippen LogP contribution in [0, 0.1) is 6.92 Å². The topological polar surface area (TPSA) is 102 Å². The number of carbonyl (C=O) groups is 1. The van der Waals surface area contributed by atoms with Crippen LogP contribution in [-0.4, -0.2) is 55.2 Å². The molecule has 248 valence electrons. The Morgan fingerprint density at radius 2 is 1.72 bits per heavy atom. The molecule has 2 amide bonds. The molecule has 0 saturated heterocycles. The number of nitrogens with one attached hydrogen (secondary N) is 2. The van der Waals surface area contributed by atoms with Crippen LogP contribution in [-0.2, 0) is 31.3 Å². The first-order valence-corrected chi connectivity index (χ1v) is 17.4. The predicted octanol–water partition coefficient (Wildman–Crippen LogP) is 7.14. The van der Waals surface area contributed by atoms with Gasteiger partial charge in [0, 0.05) is 42.7 Å². The molecule has 0 bridgehead atoms. The Hall–Kier alpha value is -4.18. The summed E-state index contributed by atoms with van der Waals surface area (Å²) in [7, 11) is 0. The number of amides is 2. The van der Waals surface area contributed by atoms with Gasteiger partial charge in [-0.3, -0.25) is 10.2 Å².